The van der Waals surface area contributed by atoms with Crippen LogP contribution in [0.4, 0.5) is 0 Å². The lowest BCUT2D eigenvalue weighted by Crippen LogP contribution is -2.24. The zero-order chi connectivity index (χ0) is 20.9. The molecular formula is C24H26N2O4. The molecule has 3 aromatic rings. The molecule has 0 amide bonds. The standard InChI is InChI=1S/C24H26N2O4/c27-23-19-10-4-5-11-21(19)30-24(28)22(23)20(17-8-2-1-3-9-17)16-18(25-29)12-15-26-13-6-7-14-26/h1-5,8-11,20,27,29H,6-7,12-16H2/b25-18-/t20-/m0/s1. The Morgan fingerprint density at radius 2 is 1.77 bits per heavy atom. The molecule has 6 heteroatoms. The normalized spacial score (nSPS) is 16.2. The summed E-state index contributed by atoms with van der Waals surface area (Å²) < 4.78 is 5.51. The fourth-order valence-corrected chi connectivity index (χ4v) is 4.25. The van der Waals surface area contributed by atoms with Crippen LogP contribution in [0.25, 0.3) is 11.0 Å². The van der Waals surface area contributed by atoms with Crippen molar-refractivity contribution in [2.24, 2.45) is 5.16 Å². The van der Waals surface area contributed by atoms with Gasteiger partial charge in [0, 0.05) is 25.3 Å². The average molecular weight is 406 g/mol. The molecule has 0 spiro atoms. The molecule has 2 aromatic carbocycles. The second kappa shape index (κ2) is 9.13. The Bertz CT molecular complexity index is 1090. The van der Waals surface area contributed by atoms with E-state index in [1.54, 1.807) is 24.3 Å². The SMILES string of the molecule is O=c1oc2ccccc2c(O)c1[C@@H](C/C(CCN1CCCC1)=N\O)c1ccccc1. The molecule has 1 aromatic heterocycles. The van der Waals surface area contributed by atoms with Gasteiger partial charge in [-0.05, 0) is 43.6 Å². The van der Waals surface area contributed by atoms with E-state index in [0.717, 1.165) is 25.2 Å². The van der Waals surface area contributed by atoms with Gasteiger partial charge in [-0.2, -0.15) is 0 Å². The van der Waals surface area contributed by atoms with Gasteiger partial charge in [0.05, 0.1) is 16.7 Å². The zero-order valence-corrected chi connectivity index (χ0v) is 16.8. The van der Waals surface area contributed by atoms with Gasteiger partial charge < -0.3 is 19.6 Å². The van der Waals surface area contributed by atoms with Crippen LogP contribution in [0.15, 0.2) is 69.0 Å². The molecule has 156 valence electrons. The van der Waals surface area contributed by atoms with Crippen molar-refractivity contribution in [1.82, 2.24) is 4.90 Å². The predicted octanol–water partition coefficient (Wildman–Crippen LogP) is 4.34. The van der Waals surface area contributed by atoms with E-state index in [1.807, 2.05) is 30.3 Å². The number of oxime groups is 1. The first-order valence-electron chi connectivity index (χ1n) is 10.4. The first kappa shape index (κ1) is 20.2. The minimum Gasteiger partial charge on any atom is -0.507 e. The first-order chi connectivity index (χ1) is 14.7. The van der Waals surface area contributed by atoms with E-state index >= 15 is 0 Å². The Morgan fingerprint density at radius 3 is 2.50 bits per heavy atom. The number of hydrogen-bond acceptors (Lipinski definition) is 6. The first-order valence-corrected chi connectivity index (χ1v) is 10.4. The summed E-state index contributed by atoms with van der Waals surface area (Å²) in [7, 11) is 0. The van der Waals surface area contributed by atoms with Crippen LogP contribution in [-0.4, -0.2) is 40.6 Å². The van der Waals surface area contributed by atoms with E-state index in [9.17, 15) is 15.1 Å². The van der Waals surface area contributed by atoms with Crippen molar-refractivity contribution in [1.29, 1.82) is 0 Å². The van der Waals surface area contributed by atoms with Gasteiger partial charge in [0.2, 0.25) is 0 Å². The van der Waals surface area contributed by atoms with Crippen LogP contribution in [0.3, 0.4) is 0 Å². The maximum absolute atomic E-state index is 12.9. The molecule has 2 heterocycles. The third-order valence-corrected chi connectivity index (χ3v) is 5.87. The molecule has 0 aliphatic carbocycles. The number of para-hydroxylation sites is 1. The molecule has 1 fully saturated rings. The molecule has 0 saturated carbocycles. The molecule has 0 bridgehead atoms. The van der Waals surface area contributed by atoms with Crippen LogP contribution in [0.2, 0.25) is 0 Å². The molecule has 1 atom stereocenters. The van der Waals surface area contributed by atoms with E-state index in [-0.39, 0.29) is 11.3 Å². The second-order valence-electron chi connectivity index (χ2n) is 7.78. The summed E-state index contributed by atoms with van der Waals surface area (Å²) in [5, 5.41) is 24.7. The van der Waals surface area contributed by atoms with Gasteiger partial charge in [-0.25, -0.2) is 4.79 Å². The molecular weight excluding hydrogens is 380 g/mol. The fraction of sp³-hybridized carbons (Fsp3) is 0.333. The largest absolute Gasteiger partial charge is 0.507 e. The minimum absolute atomic E-state index is 0.0764. The number of fused-ring (bicyclic) bond motifs is 1. The van der Waals surface area contributed by atoms with Crippen LogP contribution < -0.4 is 5.63 Å². The van der Waals surface area contributed by atoms with Crippen molar-refractivity contribution in [3.05, 3.63) is 76.1 Å². The second-order valence-corrected chi connectivity index (χ2v) is 7.78. The Kier molecular flexibility index (Phi) is 6.14. The summed E-state index contributed by atoms with van der Waals surface area (Å²) in [5.74, 6) is -0.552. The molecule has 30 heavy (non-hydrogen) atoms. The van der Waals surface area contributed by atoms with Gasteiger partial charge in [0.25, 0.3) is 0 Å². The number of nitrogens with zero attached hydrogens (tertiary/aromatic N) is 2. The average Bonchev–Trinajstić information content (AvgIpc) is 3.29. The topological polar surface area (TPSA) is 86.3 Å². The highest BCUT2D eigenvalue weighted by Crippen LogP contribution is 2.36. The minimum atomic E-state index is -0.572. The Labute approximate surface area is 175 Å². The summed E-state index contributed by atoms with van der Waals surface area (Å²) in [4.78, 5) is 15.2. The molecule has 4 rings (SSSR count). The lowest BCUT2D eigenvalue weighted by atomic mass is 9.86. The van der Waals surface area contributed by atoms with Crippen LogP contribution in [0.1, 0.15) is 42.7 Å². The van der Waals surface area contributed by atoms with Crippen LogP contribution in [-0.2, 0) is 0 Å². The Balaban J connectivity index is 1.70. The van der Waals surface area contributed by atoms with E-state index in [0.29, 0.717) is 29.5 Å². The number of aromatic hydroxyl groups is 1. The van der Waals surface area contributed by atoms with Crippen molar-refractivity contribution in [2.45, 2.75) is 31.6 Å². The van der Waals surface area contributed by atoms with Crippen LogP contribution >= 0.6 is 0 Å². The number of hydrogen-bond donors (Lipinski definition) is 2. The van der Waals surface area contributed by atoms with Gasteiger partial charge in [0.15, 0.2) is 0 Å². The third-order valence-electron chi connectivity index (χ3n) is 5.87. The molecule has 1 aliphatic heterocycles. The lowest BCUT2D eigenvalue weighted by Gasteiger charge is -2.20. The van der Waals surface area contributed by atoms with Gasteiger partial charge >= 0.3 is 5.63 Å². The quantitative estimate of drug-likeness (QED) is 0.264. The predicted molar refractivity (Wildman–Crippen MR) is 117 cm³/mol. The maximum atomic E-state index is 12.9. The summed E-state index contributed by atoms with van der Waals surface area (Å²) >= 11 is 0. The summed E-state index contributed by atoms with van der Waals surface area (Å²) in [6.07, 6.45) is 3.33. The smallest absolute Gasteiger partial charge is 0.343 e. The Morgan fingerprint density at radius 1 is 1.07 bits per heavy atom. The van der Waals surface area contributed by atoms with Crippen molar-refractivity contribution >= 4 is 16.7 Å². The highest BCUT2D eigenvalue weighted by Gasteiger charge is 2.26. The van der Waals surface area contributed by atoms with Crippen molar-refractivity contribution < 1.29 is 14.7 Å². The van der Waals surface area contributed by atoms with Gasteiger partial charge in [-0.3, -0.25) is 0 Å². The van der Waals surface area contributed by atoms with Crippen molar-refractivity contribution in [3.63, 3.8) is 0 Å². The van der Waals surface area contributed by atoms with Gasteiger partial charge in [-0.15, -0.1) is 0 Å². The van der Waals surface area contributed by atoms with Crippen molar-refractivity contribution in [2.75, 3.05) is 19.6 Å². The van der Waals surface area contributed by atoms with Crippen molar-refractivity contribution in [3.8, 4) is 5.75 Å². The number of benzene rings is 2. The molecule has 2 N–H and O–H groups in total. The van der Waals surface area contributed by atoms with Gasteiger partial charge in [-0.1, -0.05) is 47.6 Å². The molecule has 1 saturated heterocycles. The highest BCUT2D eigenvalue weighted by molar-refractivity contribution is 5.87. The van der Waals surface area contributed by atoms with E-state index in [4.69, 9.17) is 4.42 Å². The van der Waals surface area contributed by atoms with E-state index in [1.165, 1.54) is 12.8 Å². The highest BCUT2D eigenvalue weighted by atomic mass is 16.4. The third kappa shape index (κ3) is 4.24. The Hall–Kier alpha value is -3.12. The number of rotatable bonds is 7. The summed E-state index contributed by atoms with van der Waals surface area (Å²) in [5.41, 5.74) is 1.43. The molecule has 0 unspecified atom stereocenters. The fourth-order valence-electron chi connectivity index (χ4n) is 4.25. The van der Waals surface area contributed by atoms with Crippen LogP contribution in [0, 0.1) is 0 Å². The summed E-state index contributed by atoms with van der Waals surface area (Å²) in [6.45, 7) is 2.95. The molecule has 1 aliphatic rings. The monoisotopic (exact) mass is 406 g/mol. The van der Waals surface area contributed by atoms with Gasteiger partial charge in [0.1, 0.15) is 11.3 Å². The van der Waals surface area contributed by atoms with E-state index in [2.05, 4.69) is 10.1 Å². The van der Waals surface area contributed by atoms with Crippen LogP contribution in [0.5, 0.6) is 5.75 Å². The van der Waals surface area contributed by atoms with E-state index < -0.39 is 11.5 Å². The number of likely N-dealkylation sites (tertiary alicyclic amines) is 1. The maximum Gasteiger partial charge on any atom is 0.343 e. The zero-order valence-electron chi connectivity index (χ0n) is 16.8. The summed E-state index contributed by atoms with van der Waals surface area (Å²) in [6, 6.07) is 16.4. The molecule has 0 radical (unpaired) electrons. The lowest BCUT2D eigenvalue weighted by molar-refractivity contribution is 0.310. The molecule has 6 nitrogen and oxygen atoms in total.